The molecule has 0 aromatic rings. The molecule has 0 heterocycles. The molecule has 0 spiro atoms. The fourth-order valence-electron chi connectivity index (χ4n) is 2.72. The van der Waals surface area contributed by atoms with Gasteiger partial charge in [-0.1, -0.05) is 81.6 Å². The zero-order valence-electron chi connectivity index (χ0n) is 15.2. The molecule has 0 aliphatic carbocycles. The maximum Gasteiger partial charge on any atom is 0.146 e. The zero-order valence-corrected chi connectivity index (χ0v) is 16.8. The summed E-state index contributed by atoms with van der Waals surface area (Å²) in [4.78, 5) is 0.624. The molecular formula is C19H39BrO2. The topological polar surface area (TPSA) is 18.5 Å². The van der Waals surface area contributed by atoms with E-state index in [1.165, 1.54) is 64.2 Å². The van der Waals surface area contributed by atoms with Gasteiger partial charge in [-0.3, -0.25) is 0 Å². The van der Waals surface area contributed by atoms with E-state index in [1.807, 2.05) is 0 Å². The zero-order chi connectivity index (χ0) is 16.5. The Balaban J connectivity index is 3.05. The van der Waals surface area contributed by atoms with Crippen LogP contribution in [0.25, 0.3) is 0 Å². The summed E-state index contributed by atoms with van der Waals surface area (Å²) in [5, 5.41) is 0. The van der Waals surface area contributed by atoms with Crippen molar-refractivity contribution in [2.75, 3.05) is 20.0 Å². The van der Waals surface area contributed by atoms with Gasteiger partial charge in [-0.2, -0.15) is 0 Å². The number of halogens is 1. The first-order valence-electron chi connectivity index (χ1n) is 9.46. The summed E-state index contributed by atoms with van der Waals surface area (Å²) >= 11 is 3.61. The Morgan fingerprint density at radius 2 is 1.32 bits per heavy atom. The molecule has 0 radical (unpaired) electrons. The van der Waals surface area contributed by atoms with Crippen molar-refractivity contribution in [1.82, 2.24) is 0 Å². The average molecular weight is 379 g/mol. The summed E-state index contributed by atoms with van der Waals surface area (Å²) in [6, 6.07) is 0. The van der Waals surface area contributed by atoms with Crippen molar-refractivity contribution in [2.24, 2.45) is 5.92 Å². The van der Waals surface area contributed by atoms with Gasteiger partial charge in [0.2, 0.25) is 0 Å². The highest BCUT2D eigenvalue weighted by Crippen LogP contribution is 2.17. The normalized spacial score (nSPS) is 14.2. The second-order valence-corrected chi connectivity index (χ2v) is 8.24. The summed E-state index contributed by atoms with van der Waals surface area (Å²) in [6.07, 6.45) is 14.4. The van der Waals surface area contributed by atoms with Crippen molar-refractivity contribution in [3.8, 4) is 0 Å². The van der Waals surface area contributed by atoms with Crippen LogP contribution in [0.2, 0.25) is 0 Å². The maximum absolute atomic E-state index is 5.53. The van der Waals surface area contributed by atoms with Crippen LogP contribution in [0, 0.1) is 5.92 Å². The van der Waals surface area contributed by atoms with Crippen molar-refractivity contribution in [3.05, 3.63) is 0 Å². The summed E-state index contributed by atoms with van der Waals surface area (Å²) in [7, 11) is 0. The van der Waals surface area contributed by atoms with E-state index in [9.17, 15) is 0 Å². The Morgan fingerprint density at radius 3 is 1.91 bits per heavy atom. The Hall–Kier alpha value is 0.400. The van der Waals surface area contributed by atoms with Crippen molar-refractivity contribution in [3.63, 3.8) is 0 Å². The second-order valence-electron chi connectivity index (χ2n) is 6.67. The first-order chi connectivity index (χ1) is 10.7. The van der Waals surface area contributed by atoms with Gasteiger partial charge >= 0.3 is 0 Å². The highest BCUT2D eigenvalue weighted by atomic mass is 79.9. The quantitative estimate of drug-likeness (QED) is 0.159. The lowest BCUT2D eigenvalue weighted by molar-refractivity contribution is -0.0560. The lowest BCUT2D eigenvalue weighted by Crippen LogP contribution is -2.06. The number of unbranched alkanes of at least 4 members (excludes halogenated alkanes) is 7. The predicted molar refractivity (Wildman–Crippen MR) is 101 cm³/mol. The highest BCUT2D eigenvalue weighted by molar-refractivity contribution is 9.09. The first kappa shape index (κ1) is 22.4. The van der Waals surface area contributed by atoms with Crippen LogP contribution in [-0.4, -0.2) is 24.8 Å². The fraction of sp³-hybridized carbons (Fsp3) is 1.00. The molecule has 22 heavy (non-hydrogen) atoms. The van der Waals surface area contributed by atoms with Gasteiger partial charge < -0.3 is 9.47 Å². The second kappa shape index (κ2) is 17.7. The van der Waals surface area contributed by atoms with E-state index >= 15 is 0 Å². The molecule has 2 unspecified atom stereocenters. The van der Waals surface area contributed by atoms with E-state index in [-0.39, 0.29) is 0 Å². The third-order valence-corrected chi connectivity index (χ3v) is 4.40. The summed E-state index contributed by atoms with van der Waals surface area (Å²) in [5.41, 5.74) is 0. The molecule has 0 aliphatic rings. The van der Waals surface area contributed by atoms with Gasteiger partial charge in [0, 0.05) is 18.0 Å². The molecule has 0 saturated carbocycles. The molecule has 3 heteroatoms. The van der Waals surface area contributed by atoms with Crippen LogP contribution in [0.15, 0.2) is 0 Å². The molecule has 0 aromatic heterocycles. The van der Waals surface area contributed by atoms with E-state index in [0.717, 1.165) is 25.6 Å². The van der Waals surface area contributed by atoms with Gasteiger partial charge in [0.25, 0.3) is 0 Å². The Bertz CT molecular complexity index is 210. The van der Waals surface area contributed by atoms with Gasteiger partial charge in [0.15, 0.2) is 0 Å². The molecule has 134 valence electrons. The van der Waals surface area contributed by atoms with Crippen LogP contribution < -0.4 is 0 Å². The maximum atomic E-state index is 5.53. The molecule has 0 N–H and O–H groups in total. The number of hydrogen-bond donors (Lipinski definition) is 0. The Kier molecular flexibility index (Phi) is 18.1. The minimum Gasteiger partial charge on any atom is -0.355 e. The standard InChI is InChI=1S/C19H39BrO2/c1-4-5-6-7-8-9-10-11-14-21-17-22-15-12-13-18(2)16-19(3)20/h18-19H,4-17H2,1-3H3. The lowest BCUT2D eigenvalue weighted by Gasteiger charge is -2.12. The number of ether oxygens (including phenoxy) is 2. The average Bonchev–Trinajstić information content (AvgIpc) is 2.47. The fourth-order valence-corrected chi connectivity index (χ4v) is 3.36. The van der Waals surface area contributed by atoms with Gasteiger partial charge in [0.05, 0.1) is 0 Å². The number of rotatable bonds is 17. The number of alkyl halides is 1. The van der Waals surface area contributed by atoms with E-state index in [0.29, 0.717) is 11.6 Å². The van der Waals surface area contributed by atoms with Crippen LogP contribution >= 0.6 is 15.9 Å². The molecule has 0 amide bonds. The van der Waals surface area contributed by atoms with Crippen molar-refractivity contribution < 1.29 is 9.47 Å². The van der Waals surface area contributed by atoms with Crippen LogP contribution in [0.3, 0.4) is 0 Å². The van der Waals surface area contributed by atoms with Crippen LogP contribution in [0.5, 0.6) is 0 Å². The largest absolute Gasteiger partial charge is 0.355 e. The summed E-state index contributed by atoms with van der Waals surface area (Å²) in [5.74, 6) is 0.774. The Labute approximate surface area is 147 Å². The highest BCUT2D eigenvalue weighted by Gasteiger charge is 2.05. The van der Waals surface area contributed by atoms with Gasteiger partial charge in [0.1, 0.15) is 6.79 Å². The minimum atomic E-state index is 0.472. The first-order valence-corrected chi connectivity index (χ1v) is 10.4. The molecule has 2 atom stereocenters. The molecule has 0 fully saturated rings. The van der Waals surface area contributed by atoms with Crippen molar-refractivity contribution in [1.29, 1.82) is 0 Å². The van der Waals surface area contributed by atoms with E-state index in [1.54, 1.807) is 0 Å². The molecule has 0 saturated heterocycles. The Morgan fingerprint density at radius 1 is 0.773 bits per heavy atom. The van der Waals surface area contributed by atoms with E-state index < -0.39 is 0 Å². The monoisotopic (exact) mass is 378 g/mol. The van der Waals surface area contributed by atoms with Crippen molar-refractivity contribution >= 4 is 15.9 Å². The van der Waals surface area contributed by atoms with E-state index in [2.05, 4.69) is 36.7 Å². The molecule has 2 nitrogen and oxygen atoms in total. The molecule has 0 aromatic carbocycles. The van der Waals surface area contributed by atoms with Crippen LogP contribution in [0.1, 0.15) is 91.4 Å². The van der Waals surface area contributed by atoms with Gasteiger partial charge in [-0.05, 0) is 31.6 Å². The third kappa shape index (κ3) is 18.4. The molecule has 0 aliphatic heterocycles. The smallest absolute Gasteiger partial charge is 0.146 e. The lowest BCUT2D eigenvalue weighted by atomic mass is 10.0. The minimum absolute atomic E-state index is 0.472. The van der Waals surface area contributed by atoms with Crippen LogP contribution in [0.4, 0.5) is 0 Å². The SMILES string of the molecule is CCCCCCCCCCOCOCCCC(C)CC(C)Br. The number of hydrogen-bond acceptors (Lipinski definition) is 2. The predicted octanol–water partition coefficient (Wildman–Crippen LogP) is 6.71. The van der Waals surface area contributed by atoms with Gasteiger partial charge in [-0.25, -0.2) is 0 Å². The molecule has 0 rings (SSSR count). The van der Waals surface area contributed by atoms with E-state index in [4.69, 9.17) is 9.47 Å². The van der Waals surface area contributed by atoms with Crippen molar-refractivity contribution in [2.45, 2.75) is 96.2 Å². The molecule has 0 bridgehead atoms. The van der Waals surface area contributed by atoms with Gasteiger partial charge in [-0.15, -0.1) is 0 Å². The third-order valence-electron chi connectivity index (χ3n) is 4.02. The molecular weight excluding hydrogens is 340 g/mol. The summed E-state index contributed by atoms with van der Waals surface area (Å²) < 4.78 is 11.0. The summed E-state index contributed by atoms with van der Waals surface area (Å²) in [6.45, 7) is 8.96. The van der Waals surface area contributed by atoms with Crippen LogP contribution in [-0.2, 0) is 9.47 Å².